The topological polar surface area (TPSA) is 20.3 Å². The zero-order chi connectivity index (χ0) is 13.1. The number of nitrogens with zero attached hydrogens (tertiary/aromatic N) is 1. The molecule has 3 heterocycles. The van der Waals surface area contributed by atoms with E-state index in [9.17, 15) is 4.79 Å². The van der Waals surface area contributed by atoms with Crippen molar-refractivity contribution >= 4 is 29.0 Å². The lowest BCUT2D eigenvalue weighted by Gasteiger charge is -2.36. The van der Waals surface area contributed by atoms with E-state index in [0.717, 1.165) is 6.42 Å². The molecule has 0 saturated carbocycles. The van der Waals surface area contributed by atoms with E-state index in [4.69, 9.17) is 23.2 Å². The van der Waals surface area contributed by atoms with Crippen LogP contribution in [-0.4, -0.2) is 29.3 Å². The summed E-state index contributed by atoms with van der Waals surface area (Å²) in [4.78, 5) is 14.7. The molecule has 0 amide bonds. The SMILES string of the molecule is O=C1CN2[C@H]3CC[C@@H]2[C@@H]1[C@@H](c1ccc(Cl)c(Cl)c1)C3. The third-order valence-corrected chi connectivity index (χ3v) is 5.89. The first-order valence-corrected chi connectivity index (χ1v) is 7.64. The molecule has 0 aliphatic carbocycles. The quantitative estimate of drug-likeness (QED) is 0.790. The minimum absolute atomic E-state index is 0.177. The van der Waals surface area contributed by atoms with Crippen LogP contribution in [0.2, 0.25) is 10.0 Å². The highest BCUT2D eigenvalue weighted by Gasteiger charge is 2.55. The Morgan fingerprint density at radius 2 is 2.00 bits per heavy atom. The molecule has 1 unspecified atom stereocenters. The van der Waals surface area contributed by atoms with Crippen LogP contribution in [0.4, 0.5) is 0 Å². The number of hydrogen-bond acceptors (Lipinski definition) is 2. The van der Waals surface area contributed by atoms with E-state index in [2.05, 4.69) is 4.90 Å². The summed E-state index contributed by atoms with van der Waals surface area (Å²) in [5.74, 6) is 0.929. The summed E-state index contributed by atoms with van der Waals surface area (Å²) in [6, 6.07) is 6.92. The van der Waals surface area contributed by atoms with Gasteiger partial charge >= 0.3 is 0 Å². The lowest BCUT2D eigenvalue weighted by molar-refractivity contribution is -0.120. The summed E-state index contributed by atoms with van der Waals surface area (Å²) < 4.78 is 0. The van der Waals surface area contributed by atoms with Crippen LogP contribution in [0.15, 0.2) is 18.2 Å². The van der Waals surface area contributed by atoms with Crippen LogP contribution in [0.1, 0.15) is 30.7 Å². The van der Waals surface area contributed by atoms with Crippen molar-refractivity contribution in [2.75, 3.05) is 6.54 Å². The van der Waals surface area contributed by atoms with Gasteiger partial charge in [-0.05, 0) is 42.9 Å². The predicted octanol–water partition coefficient (Wildman–Crippen LogP) is 3.51. The Morgan fingerprint density at radius 1 is 1.16 bits per heavy atom. The Labute approximate surface area is 122 Å². The molecule has 0 aromatic heterocycles. The molecule has 2 nitrogen and oxygen atoms in total. The maximum atomic E-state index is 12.3. The van der Waals surface area contributed by atoms with Gasteiger partial charge in [0.05, 0.1) is 16.6 Å². The second-order valence-corrected chi connectivity index (χ2v) is 6.79. The molecule has 1 aromatic carbocycles. The van der Waals surface area contributed by atoms with Gasteiger partial charge in [-0.15, -0.1) is 0 Å². The van der Waals surface area contributed by atoms with Crippen LogP contribution in [0, 0.1) is 5.92 Å². The van der Waals surface area contributed by atoms with Crippen LogP contribution in [-0.2, 0) is 4.79 Å². The summed E-state index contributed by atoms with van der Waals surface area (Å²) in [5.41, 5.74) is 1.19. The third kappa shape index (κ3) is 1.70. The first-order valence-electron chi connectivity index (χ1n) is 6.88. The van der Waals surface area contributed by atoms with Crippen LogP contribution < -0.4 is 0 Å². The van der Waals surface area contributed by atoms with Crippen molar-refractivity contribution in [1.29, 1.82) is 0 Å². The molecular formula is C15H15Cl2NO. The zero-order valence-corrected chi connectivity index (χ0v) is 12.0. The lowest BCUT2D eigenvalue weighted by Crippen LogP contribution is -2.40. The Hall–Kier alpha value is -0.570. The molecule has 4 heteroatoms. The van der Waals surface area contributed by atoms with Gasteiger partial charge in [0.1, 0.15) is 0 Å². The number of rotatable bonds is 1. The molecule has 3 aliphatic heterocycles. The van der Waals surface area contributed by atoms with E-state index in [1.165, 1.54) is 18.4 Å². The maximum Gasteiger partial charge on any atom is 0.152 e. The molecule has 3 saturated heterocycles. The number of carbonyl (C=O) groups excluding carboxylic acids is 1. The third-order valence-electron chi connectivity index (χ3n) is 5.15. The van der Waals surface area contributed by atoms with Gasteiger partial charge in [0.25, 0.3) is 0 Å². The Balaban J connectivity index is 1.75. The summed E-state index contributed by atoms with van der Waals surface area (Å²) in [5, 5.41) is 1.18. The summed E-state index contributed by atoms with van der Waals surface area (Å²) in [6.45, 7) is 0.665. The summed E-state index contributed by atoms with van der Waals surface area (Å²) in [7, 11) is 0. The number of benzene rings is 1. The minimum Gasteiger partial charge on any atom is -0.298 e. The van der Waals surface area contributed by atoms with Crippen LogP contribution in [0.5, 0.6) is 0 Å². The van der Waals surface area contributed by atoms with Gasteiger partial charge in [-0.2, -0.15) is 0 Å². The van der Waals surface area contributed by atoms with Crippen molar-refractivity contribution in [3.8, 4) is 0 Å². The summed E-state index contributed by atoms with van der Waals surface area (Å²) in [6.07, 6.45) is 3.51. The van der Waals surface area contributed by atoms with Gasteiger partial charge in [-0.3, -0.25) is 9.69 Å². The van der Waals surface area contributed by atoms with Gasteiger partial charge < -0.3 is 0 Å². The van der Waals surface area contributed by atoms with Crippen molar-refractivity contribution in [1.82, 2.24) is 4.90 Å². The van der Waals surface area contributed by atoms with Gasteiger partial charge in [-0.25, -0.2) is 0 Å². The standard InChI is InChI=1S/C15H15Cl2NO/c16-11-3-1-8(5-12(11)17)10-6-9-2-4-13-15(10)14(19)7-18(9)13/h1,3,5,9-10,13,15H,2,4,6-7H2/t9-,10+,13+,15-/m0/s1. The number of ketones is 1. The predicted molar refractivity (Wildman–Crippen MR) is 75.8 cm³/mol. The highest BCUT2D eigenvalue weighted by atomic mass is 35.5. The average molecular weight is 296 g/mol. The molecule has 100 valence electrons. The molecule has 19 heavy (non-hydrogen) atoms. The number of halogens is 2. The van der Waals surface area contributed by atoms with Gasteiger partial charge in [0.2, 0.25) is 0 Å². The smallest absolute Gasteiger partial charge is 0.152 e. The molecule has 4 rings (SSSR count). The minimum atomic E-state index is 0.177. The fourth-order valence-electron chi connectivity index (χ4n) is 4.37. The normalized spacial score (nSPS) is 39.9. The zero-order valence-electron chi connectivity index (χ0n) is 10.5. The average Bonchev–Trinajstić information content (AvgIpc) is 2.78. The lowest BCUT2D eigenvalue weighted by atomic mass is 9.77. The molecule has 3 fully saturated rings. The van der Waals surface area contributed by atoms with E-state index >= 15 is 0 Å². The van der Waals surface area contributed by atoms with E-state index in [1.54, 1.807) is 0 Å². The van der Waals surface area contributed by atoms with E-state index in [-0.39, 0.29) is 5.92 Å². The molecule has 4 bridgehead atoms. The Morgan fingerprint density at radius 3 is 2.79 bits per heavy atom. The van der Waals surface area contributed by atoms with Crippen molar-refractivity contribution in [3.63, 3.8) is 0 Å². The Kier molecular flexibility index (Phi) is 2.70. The van der Waals surface area contributed by atoms with Crippen molar-refractivity contribution in [3.05, 3.63) is 33.8 Å². The molecule has 0 N–H and O–H groups in total. The van der Waals surface area contributed by atoms with E-state index < -0.39 is 0 Å². The molecule has 0 spiro atoms. The van der Waals surface area contributed by atoms with Gasteiger partial charge in [-0.1, -0.05) is 29.3 Å². The Bertz CT molecular complexity index is 559. The molecule has 3 aliphatic rings. The number of piperidine rings is 1. The highest BCUT2D eigenvalue weighted by molar-refractivity contribution is 6.42. The van der Waals surface area contributed by atoms with Crippen LogP contribution >= 0.6 is 23.2 Å². The second-order valence-electron chi connectivity index (χ2n) is 5.98. The fraction of sp³-hybridized carbons (Fsp3) is 0.533. The van der Waals surface area contributed by atoms with Crippen molar-refractivity contribution in [2.24, 2.45) is 5.92 Å². The first kappa shape index (κ1) is 12.2. The maximum absolute atomic E-state index is 12.3. The van der Waals surface area contributed by atoms with Crippen molar-refractivity contribution < 1.29 is 4.79 Å². The van der Waals surface area contributed by atoms with Gasteiger partial charge in [0.15, 0.2) is 5.78 Å². The molecule has 5 atom stereocenters. The second kappa shape index (κ2) is 4.21. The van der Waals surface area contributed by atoms with Crippen molar-refractivity contribution in [2.45, 2.75) is 37.3 Å². The van der Waals surface area contributed by atoms with Gasteiger partial charge in [0, 0.05) is 18.0 Å². The largest absolute Gasteiger partial charge is 0.298 e. The highest BCUT2D eigenvalue weighted by Crippen LogP contribution is 2.51. The first-order chi connectivity index (χ1) is 9.15. The fourth-order valence-corrected chi connectivity index (χ4v) is 4.68. The van der Waals surface area contributed by atoms with Crippen LogP contribution in [0.3, 0.4) is 0 Å². The number of carbonyl (C=O) groups is 1. The number of hydrogen-bond donors (Lipinski definition) is 0. The van der Waals surface area contributed by atoms with E-state index in [1.807, 2.05) is 18.2 Å². The summed E-state index contributed by atoms with van der Waals surface area (Å²) >= 11 is 12.1. The molecule has 1 aromatic rings. The monoisotopic (exact) mass is 295 g/mol. The van der Waals surface area contributed by atoms with Crippen LogP contribution in [0.25, 0.3) is 0 Å². The van der Waals surface area contributed by atoms with E-state index in [0.29, 0.717) is 40.4 Å². The molecular weight excluding hydrogens is 281 g/mol. The number of Topliss-reactive ketones (excluding diaryl/α,β-unsaturated/α-hetero) is 1. The molecule has 0 radical (unpaired) electrons.